The number of methoxy groups -OCH3 is 1. The van der Waals surface area contributed by atoms with E-state index in [0.717, 1.165) is 22.4 Å². The fraction of sp³-hybridized carbons (Fsp3) is 0.500. The molecular weight excluding hydrogens is 679 g/mol. The number of ether oxygens (including phenoxy) is 1. The molecule has 5 rings (SSSR count). The van der Waals surface area contributed by atoms with Gasteiger partial charge < -0.3 is 25.8 Å². The number of alkyl carbamates (subject to hydrolysis) is 1. The Bertz CT molecular complexity index is 1590. The van der Waals surface area contributed by atoms with Gasteiger partial charge in [0.2, 0.25) is 5.91 Å². The predicted molar refractivity (Wildman–Crippen MR) is 205 cm³/mol. The van der Waals surface area contributed by atoms with Gasteiger partial charge in [-0.3, -0.25) is 19.8 Å². The van der Waals surface area contributed by atoms with Crippen molar-refractivity contribution in [3.8, 4) is 0 Å². The van der Waals surface area contributed by atoms with Crippen LogP contribution in [0, 0.1) is 11.3 Å². The number of rotatable bonds is 11. The Hall–Kier alpha value is -4.13. The van der Waals surface area contributed by atoms with E-state index < -0.39 is 41.0 Å². The highest BCUT2D eigenvalue weighted by Gasteiger charge is 2.39. The van der Waals surface area contributed by atoms with Crippen LogP contribution in [0.3, 0.4) is 0 Å². The van der Waals surface area contributed by atoms with Crippen LogP contribution in [0.2, 0.25) is 0 Å². The normalized spacial score (nSPS) is 22.2. The molecule has 2 aromatic rings. The van der Waals surface area contributed by atoms with E-state index in [0.29, 0.717) is 31.2 Å². The molecule has 0 saturated heterocycles. The second kappa shape index (κ2) is 18.6. The number of amides is 4. The van der Waals surface area contributed by atoms with E-state index in [2.05, 4.69) is 45.7 Å². The smallest absolute Gasteiger partial charge is 0.407 e. The van der Waals surface area contributed by atoms with Crippen LogP contribution in [0.25, 0.3) is 0 Å². The van der Waals surface area contributed by atoms with Gasteiger partial charge in [0.05, 0.1) is 7.11 Å². The van der Waals surface area contributed by atoms with Crippen LogP contribution >= 0.6 is 11.8 Å². The van der Waals surface area contributed by atoms with Crippen molar-refractivity contribution in [3.63, 3.8) is 0 Å². The Balaban J connectivity index is 1.58. The lowest BCUT2D eigenvalue weighted by atomic mass is 9.86. The van der Waals surface area contributed by atoms with Crippen molar-refractivity contribution in [1.29, 1.82) is 0 Å². The molecule has 12 heteroatoms. The standard InChI is InChI=1S/C40H55N5O6S/c1-27(2)33-35(46)41-22-8-7-11-28-13-15-29(16-14-28)25-40(50,37(48)42-33)21-10-23-45(44-36(47)34(39(3,4)5)43-38(49)51-6)26-30-17-19-31(20-18-30)32-12-9-24-52-32/h7-9,12-20,27,32-34,50H,10-11,21-26H2,1-6H3,(H,41,46)(H,42,48)(H,43,49)(H,44,47)/b8-7-/t32-,33+,34-,40-/m1/s1. The summed E-state index contributed by atoms with van der Waals surface area (Å²) in [6.45, 7) is 10.2. The Kier molecular flexibility index (Phi) is 14.5. The number of benzene rings is 2. The summed E-state index contributed by atoms with van der Waals surface area (Å²) in [7, 11) is 1.25. The molecule has 3 aliphatic rings. The SMILES string of the molecule is COC(=O)N[C@H](C(=O)NN(CCC[C@@]1(O)Cc2ccc(cc2)C/C=C\CNC(=O)[C@H](C(C)C)NC1=O)Cc1ccc([C@H]2C=CCS2)cc1)C(C)(C)C. The van der Waals surface area contributed by atoms with Gasteiger partial charge in [-0.2, -0.15) is 0 Å². The van der Waals surface area contributed by atoms with E-state index in [9.17, 15) is 24.3 Å². The first-order chi connectivity index (χ1) is 24.7. The van der Waals surface area contributed by atoms with E-state index in [1.165, 1.54) is 12.7 Å². The summed E-state index contributed by atoms with van der Waals surface area (Å²) in [6.07, 6.45) is 8.63. The number of allylic oxidation sites excluding steroid dienone is 1. The number of aliphatic hydroxyl groups is 1. The van der Waals surface area contributed by atoms with E-state index in [1.54, 1.807) is 5.01 Å². The zero-order valence-corrected chi connectivity index (χ0v) is 32.1. The summed E-state index contributed by atoms with van der Waals surface area (Å²) >= 11 is 1.86. The van der Waals surface area contributed by atoms with Crippen LogP contribution in [0.15, 0.2) is 72.8 Å². The van der Waals surface area contributed by atoms with Gasteiger partial charge in [-0.05, 0) is 52.8 Å². The lowest BCUT2D eigenvalue weighted by molar-refractivity contribution is -0.144. The van der Waals surface area contributed by atoms with Crippen LogP contribution in [-0.2, 0) is 38.5 Å². The van der Waals surface area contributed by atoms with Crippen molar-refractivity contribution in [2.75, 3.05) is 26.0 Å². The van der Waals surface area contributed by atoms with Gasteiger partial charge in [-0.25, -0.2) is 9.80 Å². The fourth-order valence-corrected chi connectivity index (χ4v) is 7.24. The van der Waals surface area contributed by atoms with E-state index in [1.807, 2.05) is 94.9 Å². The number of carbonyl (C=O) groups is 4. The fourth-order valence-electron chi connectivity index (χ4n) is 6.24. The van der Waals surface area contributed by atoms with E-state index >= 15 is 0 Å². The third-order valence-corrected chi connectivity index (χ3v) is 10.5. The number of hydrogen-bond donors (Lipinski definition) is 5. The minimum absolute atomic E-state index is 0.0397. The lowest BCUT2D eigenvalue weighted by Gasteiger charge is -2.34. The summed E-state index contributed by atoms with van der Waals surface area (Å²) in [5, 5.41) is 22.6. The molecule has 4 amide bonds. The quantitative estimate of drug-likeness (QED) is 0.164. The number of fused-ring (bicyclic) bond motifs is 11. The monoisotopic (exact) mass is 733 g/mol. The van der Waals surface area contributed by atoms with Crippen LogP contribution in [0.4, 0.5) is 4.79 Å². The second-order valence-corrected chi connectivity index (χ2v) is 16.2. The maximum Gasteiger partial charge on any atom is 0.407 e. The Labute approximate surface area is 312 Å². The van der Waals surface area contributed by atoms with Crippen LogP contribution < -0.4 is 21.4 Å². The molecule has 0 fully saturated rings. The molecule has 0 radical (unpaired) electrons. The first-order valence-corrected chi connectivity index (χ1v) is 19.0. The lowest BCUT2D eigenvalue weighted by Crippen LogP contribution is -2.58. The van der Waals surface area contributed by atoms with Gasteiger partial charge in [0.1, 0.15) is 17.7 Å². The summed E-state index contributed by atoms with van der Waals surface area (Å²) in [6, 6.07) is 14.3. The molecule has 11 nitrogen and oxygen atoms in total. The van der Waals surface area contributed by atoms with Crippen molar-refractivity contribution < 1.29 is 29.0 Å². The number of thioether (sulfide) groups is 1. The van der Waals surface area contributed by atoms with Gasteiger partial charge in [0, 0.05) is 37.1 Å². The molecule has 2 bridgehead atoms. The zero-order valence-electron chi connectivity index (χ0n) is 31.2. The van der Waals surface area contributed by atoms with Crippen molar-refractivity contribution in [1.82, 2.24) is 26.4 Å². The molecule has 0 spiro atoms. The zero-order chi connectivity index (χ0) is 37.9. The van der Waals surface area contributed by atoms with Crippen LogP contribution in [0.1, 0.15) is 75.0 Å². The molecule has 5 N–H and O–H groups in total. The van der Waals surface area contributed by atoms with Crippen molar-refractivity contribution in [2.45, 2.75) is 89.8 Å². The molecule has 0 saturated carbocycles. The Morgan fingerprint density at radius 3 is 2.35 bits per heavy atom. The summed E-state index contributed by atoms with van der Waals surface area (Å²) in [4.78, 5) is 53.0. The molecule has 282 valence electrons. The number of hydrazine groups is 1. The molecule has 52 heavy (non-hydrogen) atoms. The number of carbonyl (C=O) groups excluding carboxylic acids is 4. The van der Waals surface area contributed by atoms with Crippen molar-refractivity contribution >= 4 is 35.6 Å². The summed E-state index contributed by atoms with van der Waals surface area (Å²) in [5.74, 6) is -0.606. The van der Waals surface area contributed by atoms with Gasteiger partial charge in [0.25, 0.3) is 11.8 Å². The van der Waals surface area contributed by atoms with Gasteiger partial charge in [0.15, 0.2) is 0 Å². The first-order valence-electron chi connectivity index (χ1n) is 18.0. The van der Waals surface area contributed by atoms with Gasteiger partial charge in [-0.15, -0.1) is 11.8 Å². The summed E-state index contributed by atoms with van der Waals surface area (Å²) < 4.78 is 4.80. The average molecular weight is 734 g/mol. The minimum Gasteiger partial charge on any atom is -0.453 e. The molecule has 0 aliphatic carbocycles. The molecular formula is C40H55N5O6S. The number of nitrogens with zero attached hydrogens (tertiary/aromatic N) is 1. The van der Waals surface area contributed by atoms with Crippen LogP contribution in [0.5, 0.6) is 0 Å². The average Bonchev–Trinajstić information content (AvgIpc) is 3.64. The molecule has 3 aliphatic heterocycles. The Morgan fingerprint density at radius 1 is 1.04 bits per heavy atom. The van der Waals surface area contributed by atoms with Crippen molar-refractivity contribution in [3.05, 3.63) is 95.1 Å². The maximum absolute atomic E-state index is 14.0. The third-order valence-electron chi connectivity index (χ3n) is 9.32. The number of hydrogen-bond acceptors (Lipinski definition) is 8. The topological polar surface area (TPSA) is 149 Å². The Morgan fingerprint density at radius 2 is 1.73 bits per heavy atom. The van der Waals surface area contributed by atoms with E-state index in [-0.39, 0.29) is 31.2 Å². The van der Waals surface area contributed by atoms with Gasteiger partial charge in [-0.1, -0.05) is 107 Å². The molecule has 0 aromatic heterocycles. The third kappa shape index (κ3) is 11.7. The summed E-state index contributed by atoms with van der Waals surface area (Å²) in [5.41, 5.74) is 4.52. The highest BCUT2D eigenvalue weighted by molar-refractivity contribution is 8.00. The van der Waals surface area contributed by atoms with Crippen molar-refractivity contribution in [2.24, 2.45) is 11.3 Å². The largest absolute Gasteiger partial charge is 0.453 e. The molecule has 2 aromatic carbocycles. The molecule has 4 atom stereocenters. The van der Waals surface area contributed by atoms with Crippen LogP contribution in [-0.4, -0.2) is 77.6 Å². The van der Waals surface area contributed by atoms with Gasteiger partial charge >= 0.3 is 6.09 Å². The first kappa shape index (κ1) is 40.6. The molecule has 3 heterocycles. The number of nitrogens with one attached hydrogen (secondary N) is 4. The highest BCUT2D eigenvalue weighted by atomic mass is 32.2. The second-order valence-electron chi connectivity index (χ2n) is 15.0. The molecule has 0 unspecified atom stereocenters. The van der Waals surface area contributed by atoms with E-state index in [4.69, 9.17) is 4.74 Å². The highest BCUT2D eigenvalue weighted by Crippen LogP contribution is 2.34. The predicted octanol–water partition coefficient (Wildman–Crippen LogP) is 4.76. The minimum atomic E-state index is -1.85. The maximum atomic E-state index is 14.0.